The molecule has 3 rings (SSSR count). The van der Waals surface area contributed by atoms with Crippen LogP contribution in [0.2, 0.25) is 0 Å². The third kappa shape index (κ3) is 3.16. The van der Waals surface area contributed by atoms with Gasteiger partial charge in [-0.2, -0.15) is 0 Å². The van der Waals surface area contributed by atoms with Crippen LogP contribution in [0, 0.1) is 5.92 Å². The van der Waals surface area contributed by atoms with Crippen LogP contribution in [0.15, 0.2) is 30.3 Å². The van der Waals surface area contributed by atoms with Gasteiger partial charge in [-0.25, -0.2) is 4.79 Å². The molecule has 0 spiro atoms. The van der Waals surface area contributed by atoms with Crippen molar-refractivity contribution in [2.75, 3.05) is 19.6 Å². The van der Waals surface area contributed by atoms with Crippen molar-refractivity contribution >= 4 is 23.4 Å². The number of rotatable bonds is 2. The summed E-state index contributed by atoms with van der Waals surface area (Å²) in [5.41, 5.74) is 6.73. The van der Waals surface area contributed by atoms with Crippen LogP contribution in [0.4, 0.5) is 4.79 Å². The van der Waals surface area contributed by atoms with Gasteiger partial charge in [0, 0.05) is 19.6 Å². The zero-order valence-electron chi connectivity index (χ0n) is 12.5. The first kappa shape index (κ1) is 15.1. The van der Waals surface area contributed by atoms with Crippen molar-refractivity contribution in [2.45, 2.75) is 25.5 Å². The van der Waals surface area contributed by atoms with Crippen molar-refractivity contribution in [3.05, 3.63) is 35.9 Å². The number of thiocarbonyl (C=S) groups is 1. The number of carbonyl (C=O) groups excluding carboxylic acids is 1. The van der Waals surface area contributed by atoms with Crippen molar-refractivity contribution in [1.82, 2.24) is 9.80 Å². The minimum atomic E-state index is -0.233. The molecule has 0 aromatic heterocycles. The van der Waals surface area contributed by atoms with Gasteiger partial charge in [-0.1, -0.05) is 30.3 Å². The number of amides is 1. The van der Waals surface area contributed by atoms with Crippen LogP contribution in [0.25, 0.3) is 0 Å². The molecule has 0 aliphatic carbocycles. The quantitative estimate of drug-likeness (QED) is 0.845. The lowest BCUT2D eigenvalue weighted by Crippen LogP contribution is -2.48. The second kappa shape index (κ2) is 6.52. The molecule has 22 heavy (non-hydrogen) atoms. The van der Waals surface area contributed by atoms with Crippen LogP contribution in [-0.2, 0) is 11.3 Å². The van der Waals surface area contributed by atoms with E-state index < -0.39 is 0 Å². The van der Waals surface area contributed by atoms with Gasteiger partial charge in [-0.15, -0.1) is 0 Å². The highest BCUT2D eigenvalue weighted by Crippen LogP contribution is 2.31. The maximum atomic E-state index is 12.4. The minimum Gasteiger partial charge on any atom is -0.445 e. The molecule has 0 saturated carbocycles. The van der Waals surface area contributed by atoms with Crippen molar-refractivity contribution in [3.8, 4) is 0 Å². The number of hydrogen-bond donors (Lipinski definition) is 1. The summed E-state index contributed by atoms with van der Waals surface area (Å²) in [7, 11) is 0. The van der Waals surface area contributed by atoms with Crippen molar-refractivity contribution < 1.29 is 9.53 Å². The average molecular weight is 319 g/mol. The predicted molar refractivity (Wildman–Crippen MR) is 88.2 cm³/mol. The summed E-state index contributed by atoms with van der Waals surface area (Å²) in [6, 6.07) is 9.91. The Kier molecular flexibility index (Phi) is 4.47. The molecule has 5 nitrogen and oxygen atoms in total. The molecule has 2 heterocycles. The van der Waals surface area contributed by atoms with Gasteiger partial charge in [-0.3, -0.25) is 0 Å². The zero-order valence-corrected chi connectivity index (χ0v) is 13.3. The highest BCUT2D eigenvalue weighted by Gasteiger charge is 2.41. The summed E-state index contributed by atoms with van der Waals surface area (Å²) in [5, 5.41) is 0.423. The molecule has 0 unspecified atom stereocenters. The molecule has 2 aliphatic heterocycles. The van der Waals surface area contributed by atoms with E-state index in [4.69, 9.17) is 22.7 Å². The highest BCUT2D eigenvalue weighted by molar-refractivity contribution is 7.80. The highest BCUT2D eigenvalue weighted by atomic mass is 32.1. The van der Waals surface area contributed by atoms with Gasteiger partial charge in [-0.05, 0) is 36.5 Å². The SMILES string of the molecule is NC(=S)N1C[C@H]2CCCN(C(=O)OCc3ccccc3)[C@H]2C1. The van der Waals surface area contributed by atoms with E-state index in [1.165, 1.54) is 0 Å². The molecule has 1 amide bonds. The minimum absolute atomic E-state index is 0.165. The summed E-state index contributed by atoms with van der Waals surface area (Å²) in [6.07, 6.45) is 1.89. The van der Waals surface area contributed by atoms with E-state index >= 15 is 0 Å². The number of fused-ring (bicyclic) bond motifs is 1. The Balaban J connectivity index is 1.61. The Bertz CT molecular complexity index is 552. The van der Waals surface area contributed by atoms with E-state index in [-0.39, 0.29) is 12.1 Å². The van der Waals surface area contributed by atoms with Crippen LogP contribution < -0.4 is 5.73 Å². The largest absolute Gasteiger partial charge is 0.445 e. The second-order valence-corrected chi connectivity index (χ2v) is 6.36. The number of nitrogens with two attached hydrogens (primary N) is 1. The van der Waals surface area contributed by atoms with E-state index in [0.29, 0.717) is 17.6 Å². The molecule has 1 aromatic carbocycles. The summed E-state index contributed by atoms with van der Waals surface area (Å²) < 4.78 is 5.48. The lowest BCUT2D eigenvalue weighted by atomic mass is 9.92. The number of hydrogen-bond acceptors (Lipinski definition) is 3. The van der Waals surface area contributed by atoms with Gasteiger partial charge in [0.25, 0.3) is 0 Å². The van der Waals surface area contributed by atoms with Crippen LogP contribution in [-0.4, -0.2) is 46.7 Å². The molecule has 1 aromatic rings. The number of benzene rings is 1. The summed E-state index contributed by atoms with van der Waals surface area (Å²) in [6.45, 7) is 2.63. The maximum Gasteiger partial charge on any atom is 0.410 e. The smallest absolute Gasteiger partial charge is 0.410 e. The Labute approximate surface area is 136 Å². The predicted octanol–water partition coefficient (Wildman–Crippen LogP) is 1.96. The molecule has 2 N–H and O–H groups in total. The average Bonchev–Trinajstić information content (AvgIpc) is 2.98. The third-order valence-electron chi connectivity index (χ3n) is 4.53. The van der Waals surface area contributed by atoms with Crippen molar-refractivity contribution in [1.29, 1.82) is 0 Å². The molecule has 6 heteroatoms. The number of nitrogens with zero attached hydrogens (tertiary/aromatic N) is 2. The summed E-state index contributed by atoms with van der Waals surface area (Å²) in [4.78, 5) is 16.3. The molecule has 0 radical (unpaired) electrons. The molecule has 0 bridgehead atoms. The normalized spacial score (nSPS) is 24.0. The van der Waals surface area contributed by atoms with Crippen LogP contribution >= 0.6 is 12.2 Å². The molecule has 2 atom stereocenters. The van der Waals surface area contributed by atoms with Crippen LogP contribution in [0.3, 0.4) is 0 Å². The number of piperidine rings is 1. The van der Waals surface area contributed by atoms with Crippen molar-refractivity contribution in [3.63, 3.8) is 0 Å². The maximum absolute atomic E-state index is 12.4. The van der Waals surface area contributed by atoms with Gasteiger partial charge in [0.2, 0.25) is 0 Å². The number of ether oxygens (including phenoxy) is 1. The zero-order chi connectivity index (χ0) is 15.5. The second-order valence-electron chi connectivity index (χ2n) is 5.95. The monoisotopic (exact) mass is 319 g/mol. The molecule has 2 aliphatic rings. The summed E-state index contributed by atoms with van der Waals surface area (Å²) in [5.74, 6) is 0.444. The Morgan fingerprint density at radius 3 is 2.82 bits per heavy atom. The van der Waals surface area contributed by atoms with E-state index in [2.05, 4.69) is 0 Å². The molecular formula is C16H21N3O2S. The van der Waals surface area contributed by atoms with Crippen LogP contribution in [0.5, 0.6) is 0 Å². The van der Waals surface area contributed by atoms with Gasteiger partial charge >= 0.3 is 6.09 Å². The van der Waals surface area contributed by atoms with Crippen molar-refractivity contribution in [2.24, 2.45) is 11.7 Å². The fraction of sp³-hybridized carbons (Fsp3) is 0.500. The first-order valence-electron chi connectivity index (χ1n) is 7.67. The lowest BCUT2D eigenvalue weighted by molar-refractivity contribution is 0.0611. The third-order valence-corrected chi connectivity index (χ3v) is 4.79. The van der Waals surface area contributed by atoms with E-state index in [9.17, 15) is 4.79 Å². The number of likely N-dealkylation sites (tertiary alicyclic amines) is 2. The molecule has 118 valence electrons. The standard InChI is InChI=1S/C16H21N3O2S/c17-15(22)18-9-13-7-4-8-19(14(13)10-18)16(20)21-11-12-5-2-1-3-6-12/h1-3,5-6,13-14H,4,7-11H2,(H2,17,22)/t13-,14+/m1/s1. The van der Waals surface area contributed by atoms with E-state index in [1.807, 2.05) is 40.1 Å². The first-order valence-corrected chi connectivity index (χ1v) is 8.07. The Morgan fingerprint density at radius 2 is 2.09 bits per heavy atom. The van der Waals surface area contributed by atoms with Crippen LogP contribution in [0.1, 0.15) is 18.4 Å². The molecular weight excluding hydrogens is 298 g/mol. The molecule has 2 saturated heterocycles. The topological polar surface area (TPSA) is 58.8 Å². The molecule has 2 fully saturated rings. The Morgan fingerprint density at radius 1 is 1.32 bits per heavy atom. The first-order chi connectivity index (χ1) is 10.6. The van der Waals surface area contributed by atoms with Gasteiger partial charge in [0.15, 0.2) is 5.11 Å². The van der Waals surface area contributed by atoms with Gasteiger partial charge < -0.3 is 20.3 Å². The summed E-state index contributed by atoms with van der Waals surface area (Å²) >= 11 is 5.07. The Hall–Kier alpha value is -1.82. The number of carbonyl (C=O) groups is 1. The lowest BCUT2D eigenvalue weighted by Gasteiger charge is -2.35. The van der Waals surface area contributed by atoms with Gasteiger partial charge in [0.05, 0.1) is 6.04 Å². The fourth-order valence-corrected chi connectivity index (χ4v) is 3.54. The van der Waals surface area contributed by atoms with Gasteiger partial charge in [0.1, 0.15) is 6.61 Å². The van der Waals surface area contributed by atoms with E-state index in [0.717, 1.165) is 38.0 Å². The fourth-order valence-electron chi connectivity index (χ4n) is 3.39. The van der Waals surface area contributed by atoms with E-state index in [1.54, 1.807) is 0 Å².